The molecule has 0 aromatic carbocycles. The van der Waals surface area contributed by atoms with Crippen molar-refractivity contribution in [2.24, 2.45) is 0 Å². The van der Waals surface area contributed by atoms with E-state index in [4.69, 9.17) is 0 Å². The predicted octanol–water partition coefficient (Wildman–Crippen LogP) is 3.43. The molecule has 1 aliphatic heterocycles. The zero-order valence-corrected chi connectivity index (χ0v) is 13.7. The number of hydrogen-bond donors (Lipinski definition) is 0. The summed E-state index contributed by atoms with van der Waals surface area (Å²) in [5.74, 6) is 0. The summed E-state index contributed by atoms with van der Waals surface area (Å²) in [7, 11) is 0. The highest BCUT2D eigenvalue weighted by atomic mass is 15.3. The first kappa shape index (κ1) is 15.3. The molecule has 0 saturated carbocycles. The van der Waals surface area contributed by atoms with Crippen LogP contribution in [0.5, 0.6) is 0 Å². The normalized spacial score (nSPS) is 19.3. The van der Waals surface area contributed by atoms with Crippen LogP contribution in [0.25, 0.3) is 0 Å². The van der Waals surface area contributed by atoms with Crippen molar-refractivity contribution in [1.82, 2.24) is 9.88 Å². The van der Waals surface area contributed by atoms with E-state index in [-0.39, 0.29) is 0 Å². The lowest BCUT2D eigenvalue weighted by Crippen LogP contribution is -2.46. The van der Waals surface area contributed by atoms with E-state index in [2.05, 4.69) is 52.1 Å². The van der Waals surface area contributed by atoms with Crippen LogP contribution < -0.4 is 4.90 Å². The molecule has 2 heterocycles. The van der Waals surface area contributed by atoms with E-state index >= 15 is 0 Å². The third-order valence-electron chi connectivity index (χ3n) is 4.53. The van der Waals surface area contributed by atoms with Crippen LogP contribution in [0, 0.1) is 0 Å². The average Bonchev–Trinajstić information content (AvgIpc) is 2.58. The van der Waals surface area contributed by atoms with Crippen molar-refractivity contribution in [2.45, 2.75) is 32.6 Å². The van der Waals surface area contributed by atoms with Gasteiger partial charge in [0.05, 0.1) is 11.9 Å². The molecule has 0 amide bonds. The number of nitrogens with zero attached hydrogens (tertiary/aromatic N) is 3. The quantitative estimate of drug-likeness (QED) is 0.830. The van der Waals surface area contributed by atoms with Gasteiger partial charge in [-0.25, -0.2) is 0 Å². The van der Waals surface area contributed by atoms with Gasteiger partial charge in [0.25, 0.3) is 0 Å². The zero-order chi connectivity index (χ0) is 15.2. The number of pyridine rings is 1. The minimum absolute atomic E-state index is 1.08. The van der Waals surface area contributed by atoms with Crippen molar-refractivity contribution in [1.29, 1.82) is 0 Å². The van der Waals surface area contributed by atoms with Gasteiger partial charge in [0.2, 0.25) is 0 Å². The second-order valence-electron chi connectivity index (χ2n) is 6.28. The molecule has 1 aromatic rings. The molecule has 1 aromatic heterocycles. The highest BCUT2D eigenvalue weighted by Crippen LogP contribution is 2.18. The Kier molecular flexibility index (Phi) is 5.28. The number of hydrogen-bond acceptors (Lipinski definition) is 3. The maximum Gasteiger partial charge on any atom is 0.0553 e. The molecule has 3 rings (SSSR count). The first-order valence-corrected chi connectivity index (χ1v) is 8.63. The smallest absolute Gasteiger partial charge is 0.0553 e. The van der Waals surface area contributed by atoms with Gasteiger partial charge >= 0.3 is 0 Å². The van der Waals surface area contributed by atoms with E-state index in [1.165, 1.54) is 29.8 Å². The molecule has 118 valence electrons. The van der Waals surface area contributed by atoms with Crippen molar-refractivity contribution in [2.75, 3.05) is 37.6 Å². The molecule has 1 fully saturated rings. The number of anilines is 1. The summed E-state index contributed by atoms with van der Waals surface area (Å²) >= 11 is 0. The number of rotatable bonds is 5. The lowest BCUT2D eigenvalue weighted by atomic mass is 10.1. The molecular weight excluding hydrogens is 270 g/mol. The van der Waals surface area contributed by atoms with Crippen LogP contribution in [0.3, 0.4) is 0 Å². The van der Waals surface area contributed by atoms with E-state index in [0.29, 0.717) is 0 Å². The van der Waals surface area contributed by atoms with Crippen LogP contribution in [0.2, 0.25) is 0 Å². The first-order chi connectivity index (χ1) is 10.8. The number of allylic oxidation sites excluding steroid dienone is 2. The molecule has 3 nitrogen and oxygen atoms in total. The fourth-order valence-corrected chi connectivity index (χ4v) is 3.22. The van der Waals surface area contributed by atoms with Crippen LogP contribution in [0.4, 0.5) is 5.69 Å². The second-order valence-corrected chi connectivity index (χ2v) is 6.28. The SMILES string of the molecule is CCCc1ccc(N2CCN(CC3=CCCC=C3)CC2)cn1. The van der Waals surface area contributed by atoms with Crippen LogP contribution >= 0.6 is 0 Å². The van der Waals surface area contributed by atoms with Crippen LogP contribution in [-0.4, -0.2) is 42.6 Å². The average molecular weight is 297 g/mol. The Bertz CT molecular complexity index is 522. The Balaban J connectivity index is 1.50. The maximum atomic E-state index is 4.58. The van der Waals surface area contributed by atoms with E-state index in [0.717, 1.165) is 45.6 Å². The summed E-state index contributed by atoms with van der Waals surface area (Å²) in [6.45, 7) is 7.80. The van der Waals surface area contributed by atoms with Crippen LogP contribution in [-0.2, 0) is 6.42 Å². The predicted molar refractivity (Wildman–Crippen MR) is 93.3 cm³/mol. The first-order valence-electron chi connectivity index (χ1n) is 8.63. The molecule has 0 radical (unpaired) electrons. The largest absolute Gasteiger partial charge is 0.368 e. The molecule has 1 saturated heterocycles. The number of aromatic nitrogens is 1. The van der Waals surface area contributed by atoms with Gasteiger partial charge in [-0.15, -0.1) is 0 Å². The van der Waals surface area contributed by atoms with Crippen LogP contribution in [0.1, 0.15) is 31.9 Å². The highest BCUT2D eigenvalue weighted by Gasteiger charge is 2.18. The van der Waals surface area contributed by atoms with Gasteiger partial charge in [0.1, 0.15) is 0 Å². The fourth-order valence-electron chi connectivity index (χ4n) is 3.22. The topological polar surface area (TPSA) is 19.4 Å². The minimum atomic E-state index is 1.08. The summed E-state index contributed by atoms with van der Waals surface area (Å²) in [5.41, 5.74) is 3.97. The van der Waals surface area contributed by atoms with Gasteiger partial charge in [-0.3, -0.25) is 9.88 Å². The molecule has 0 bridgehead atoms. The van der Waals surface area contributed by atoms with Crippen molar-refractivity contribution < 1.29 is 0 Å². The molecular formula is C19H27N3. The Labute approximate surface area is 134 Å². The van der Waals surface area contributed by atoms with Crippen LogP contribution in [0.15, 0.2) is 42.1 Å². The van der Waals surface area contributed by atoms with Crippen molar-refractivity contribution in [3.63, 3.8) is 0 Å². The molecule has 0 N–H and O–H groups in total. The van der Waals surface area contributed by atoms with Gasteiger partial charge in [0.15, 0.2) is 0 Å². The Morgan fingerprint density at radius 3 is 2.59 bits per heavy atom. The van der Waals surface area contributed by atoms with E-state index in [1.807, 2.05) is 6.20 Å². The summed E-state index contributed by atoms with van der Waals surface area (Å²) in [5, 5.41) is 0. The molecule has 0 atom stereocenters. The van der Waals surface area contributed by atoms with E-state index in [9.17, 15) is 0 Å². The summed E-state index contributed by atoms with van der Waals surface area (Å²) < 4.78 is 0. The summed E-state index contributed by atoms with van der Waals surface area (Å²) in [6.07, 6.45) is 13.7. The van der Waals surface area contributed by atoms with Gasteiger partial charge in [0, 0.05) is 38.4 Å². The van der Waals surface area contributed by atoms with E-state index < -0.39 is 0 Å². The molecule has 22 heavy (non-hydrogen) atoms. The minimum Gasteiger partial charge on any atom is -0.368 e. The van der Waals surface area contributed by atoms with Gasteiger partial charge in [-0.05, 0) is 37.0 Å². The van der Waals surface area contributed by atoms with Crippen molar-refractivity contribution >= 4 is 5.69 Å². The summed E-state index contributed by atoms with van der Waals surface area (Å²) in [6, 6.07) is 4.42. The second kappa shape index (κ2) is 7.59. The molecule has 2 aliphatic rings. The third kappa shape index (κ3) is 3.98. The Morgan fingerprint density at radius 2 is 1.95 bits per heavy atom. The van der Waals surface area contributed by atoms with E-state index in [1.54, 1.807) is 0 Å². The van der Waals surface area contributed by atoms with Crippen molar-refractivity contribution in [3.8, 4) is 0 Å². The lowest BCUT2D eigenvalue weighted by Gasteiger charge is -2.36. The highest BCUT2D eigenvalue weighted by molar-refractivity contribution is 5.45. The zero-order valence-electron chi connectivity index (χ0n) is 13.7. The Morgan fingerprint density at radius 1 is 1.09 bits per heavy atom. The molecule has 1 aliphatic carbocycles. The summed E-state index contributed by atoms with van der Waals surface area (Å²) in [4.78, 5) is 9.61. The monoisotopic (exact) mass is 297 g/mol. The Hall–Kier alpha value is -1.61. The van der Waals surface area contributed by atoms with Gasteiger partial charge in [-0.2, -0.15) is 0 Å². The number of piperazine rings is 1. The number of aryl methyl sites for hydroxylation is 1. The fraction of sp³-hybridized carbons (Fsp3) is 0.526. The molecule has 0 unspecified atom stereocenters. The van der Waals surface area contributed by atoms with Gasteiger partial charge in [-0.1, -0.05) is 31.6 Å². The van der Waals surface area contributed by atoms with Gasteiger partial charge < -0.3 is 4.90 Å². The standard InChI is InChI=1S/C19H27N3/c1-2-6-18-9-10-19(15-20-18)22-13-11-21(12-14-22)16-17-7-4-3-5-8-17/h4,7-10,15H,2-3,5-6,11-14,16H2,1H3. The lowest BCUT2D eigenvalue weighted by molar-refractivity contribution is 0.279. The molecule has 0 spiro atoms. The molecule has 3 heteroatoms. The third-order valence-corrected chi connectivity index (χ3v) is 4.53. The maximum absolute atomic E-state index is 4.58. The van der Waals surface area contributed by atoms with Crippen molar-refractivity contribution in [3.05, 3.63) is 47.8 Å².